The fraction of sp³-hybridized carbons (Fsp3) is 0.429. The van der Waals surface area contributed by atoms with Gasteiger partial charge in [-0.05, 0) is 33.3 Å². The molecule has 0 saturated carbocycles. The summed E-state index contributed by atoms with van der Waals surface area (Å²) >= 11 is 0. The van der Waals surface area contributed by atoms with Crippen molar-refractivity contribution in [3.63, 3.8) is 0 Å². The van der Waals surface area contributed by atoms with Crippen LogP contribution >= 0.6 is 0 Å². The summed E-state index contributed by atoms with van der Waals surface area (Å²) in [6, 6.07) is 3.12. The van der Waals surface area contributed by atoms with E-state index in [0.29, 0.717) is 24.1 Å². The van der Waals surface area contributed by atoms with Gasteiger partial charge in [0.05, 0.1) is 6.57 Å². The molecule has 0 aliphatic carbocycles. The van der Waals surface area contributed by atoms with Crippen LogP contribution in [0.5, 0.6) is 0 Å². The van der Waals surface area contributed by atoms with Crippen LogP contribution in [-0.2, 0) is 11.2 Å². The molecule has 1 aliphatic heterocycles. The molecule has 94 valence electrons. The highest BCUT2D eigenvalue weighted by atomic mass is 19.1. The van der Waals surface area contributed by atoms with Crippen LogP contribution in [0.15, 0.2) is 12.1 Å². The summed E-state index contributed by atoms with van der Waals surface area (Å²) in [6.45, 7) is 12.7. The smallest absolute Gasteiger partial charge is 0.227 e. The highest BCUT2D eigenvalue weighted by Gasteiger charge is 2.34. The number of carbonyl (C=O) groups excluding carboxylic acids is 1. The third-order valence-corrected chi connectivity index (χ3v) is 3.07. The van der Waals surface area contributed by atoms with E-state index in [1.807, 2.05) is 20.8 Å². The van der Waals surface area contributed by atoms with Gasteiger partial charge in [0.15, 0.2) is 0 Å². The molecule has 0 saturated heterocycles. The van der Waals surface area contributed by atoms with E-state index in [1.54, 1.807) is 11.0 Å². The van der Waals surface area contributed by atoms with Gasteiger partial charge < -0.3 is 4.90 Å². The lowest BCUT2D eigenvalue weighted by atomic mass is 9.94. The average Bonchev–Trinajstić information content (AvgIpc) is 2.27. The van der Waals surface area contributed by atoms with Gasteiger partial charge in [0, 0.05) is 23.2 Å². The van der Waals surface area contributed by atoms with E-state index < -0.39 is 11.4 Å². The minimum Gasteiger partial charge on any atom is -0.307 e. The lowest BCUT2D eigenvalue weighted by molar-refractivity contribution is -0.119. The summed E-state index contributed by atoms with van der Waals surface area (Å²) in [5.41, 5.74) is 0.719. The third-order valence-electron chi connectivity index (χ3n) is 3.07. The largest absolute Gasteiger partial charge is 0.307 e. The molecule has 0 unspecified atom stereocenters. The first-order chi connectivity index (χ1) is 8.36. The fourth-order valence-electron chi connectivity index (χ4n) is 2.35. The first-order valence-electron chi connectivity index (χ1n) is 5.88. The fourth-order valence-corrected chi connectivity index (χ4v) is 2.35. The van der Waals surface area contributed by atoms with Crippen molar-refractivity contribution in [1.82, 2.24) is 0 Å². The molecule has 0 N–H and O–H groups in total. The minimum absolute atomic E-state index is 0.00459. The highest BCUT2D eigenvalue weighted by molar-refractivity contribution is 5.98. The second-order valence-corrected chi connectivity index (χ2v) is 5.41. The molecule has 3 nitrogen and oxygen atoms in total. The average molecular weight is 246 g/mol. The molecule has 1 amide bonds. The number of rotatable bonds is 0. The third kappa shape index (κ3) is 1.86. The van der Waals surface area contributed by atoms with Crippen LogP contribution in [0.2, 0.25) is 0 Å². The molecule has 0 aromatic heterocycles. The normalized spacial score (nSPS) is 15.3. The lowest BCUT2D eigenvalue weighted by Gasteiger charge is -2.40. The molecule has 4 heteroatoms. The SMILES string of the molecule is [C-]#[N+]c1ccc2c(c1F)CCC(=O)N2C(C)(C)C. The molecule has 1 heterocycles. The number of hydrogen-bond acceptors (Lipinski definition) is 1. The van der Waals surface area contributed by atoms with Crippen molar-refractivity contribution < 1.29 is 9.18 Å². The van der Waals surface area contributed by atoms with E-state index in [0.717, 1.165) is 0 Å². The van der Waals surface area contributed by atoms with Gasteiger partial charge in [-0.2, -0.15) is 0 Å². The zero-order valence-electron chi connectivity index (χ0n) is 10.7. The van der Waals surface area contributed by atoms with Gasteiger partial charge in [0.2, 0.25) is 11.6 Å². The van der Waals surface area contributed by atoms with Crippen molar-refractivity contribution in [3.05, 3.63) is 34.9 Å². The summed E-state index contributed by atoms with van der Waals surface area (Å²) < 4.78 is 14.1. The predicted octanol–water partition coefficient (Wildman–Crippen LogP) is 3.45. The van der Waals surface area contributed by atoms with Gasteiger partial charge in [-0.25, -0.2) is 9.24 Å². The van der Waals surface area contributed by atoms with Gasteiger partial charge in [-0.1, -0.05) is 6.07 Å². The number of hydrogen-bond donors (Lipinski definition) is 0. The van der Waals surface area contributed by atoms with Crippen LogP contribution in [0, 0.1) is 12.4 Å². The Morgan fingerprint density at radius 1 is 1.33 bits per heavy atom. The quantitative estimate of drug-likeness (QED) is 0.643. The van der Waals surface area contributed by atoms with Crippen molar-refractivity contribution in [3.8, 4) is 0 Å². The number of fused-ring (bicyclic) bond motifs is 1. The van der Waals surface area contributed by atoms with Gasteiger partial charge >= 0.3 is 0 Å². The van der Waals surface area contributed by atoms with E-state index in [2.05, 4.69) is 4.85 Å². The van der Waals surface area contributed by atoms with Crippen LogP contribution in [0.4, 0.5) is 15.8 Å². The molecular weight excluding hydrogens is 231 g/mol. The van der Waals surface area contributed by atoms with Crippen molar-refractivity contribution >= 4 is 17.3 Å². The summed E-state index contributed by atoms with van der Waals surface area (Å²) in [4.78, 5) is 16.8. The van der Waals surface area contributed by atoms with E-state index in [9.17, 15) is 9.18 Å². The molecule has 1 aromatic rings. The first kappa shape index (κ1) is 12.6. The number of carbonyl (C=O) groups is 1. The summed E-state index contributed by atoms with van der Waals surface area (Å²) in [6.07, 6.45) is 0.665. The number of amides is 1. The Morgan fingerprint density at radius 2 is 2.00 bits per heavy atom. The second-order valence-electron chi connectivity index (χ2n) is 5.41. The van der Waals surface area contributed by atoms with Crippen molar-refractivity contribution in [2.24, 2.45) is 0 Å². The maximum Gasteiger partial charge on any atom is 0.227 e. The van der Waals surface area contributed by atoms with Gasteiger partial charge in [0.1, 0.15) is 5.82 Å². The molecule has 2 rings (SSSR count). The van der Waals surface area contributed by atoms with E-state index in [-0.39, 0.29) is 11.6 Å². The van der Waals surface area contributed by atoms with Crippen molar-refractivity contribution in [2.75, 3.05) is 4.90 Å². The number of anilines is 1. The van der Waals surface area contributed by atoms with Crippen LogP contribution in [0.1, 0.15) is 32.8 Å². The van der Waals surface area contributed by atoms with Gasteiger partial charge in [0.25, 0.3) is 0 Å². The summed E-state index contributed by atoms with van der Waals surface area (Å²) in [5.74, 6) is -0.478. The monoisotopic (exact) mass is 246 g/mol. The molecule has 0 radical (unpaired) electrons. The Bertz CT molecular complexity index is 552. The predicted molar refractivity (Wildman–Crippen MR) is 68.2 cm³/mol. The molecule has 1 aliphatic rings. The van der Waals surface area contributed by atoms with E-state index in [1.165, 1.54) is 6.07 Å². The number of benzene rings is 1. The van der Waals surface area contributed by atoms with E-state index in [4.69, 9.17) is 6.57 Å². The molecule has 0 spiro atoms. The van der Waals surface area contributed by atoms with Crippen molar-refractivity contribution in [2.45, 2.75) is 39.2 Å². The number of nitrogens with zero attached hydrogens (tertiary/aromatic N) is 2. The summed E-state index contributed by atoms with van der Waals surface area (Å²) in [5, 5.41) is 0. The zero-order valence-corrected chi connectivity index (χ0v) is 10.7. The molecule has 0 bridgehead atoms. The maximum absolute atomic E-state index is 14.1. The molecule has 1 aromatic carbocycles. The second kappa shape index (κ2) is 4.09. The Labute approximate surface area is 106 Å². The van der Waals surface area contributed by atoms with Gasteiger partial charge in [-0.15, -0.1) is 0 Å². The van der Waals surface area contributed by atoms with Crippen molar-refractivity contribution in [1.29, 1.82) is 0 Å². The Balaban J connectivity index is 2.63. The molecule has 0 fully saturated rings. The molecule has 18 heavy (non-hydrogen) atoms. The highest BCUT2D eigenvalue weighted by Crippen LogP contribution is 2.37. The van der Waals surface area contributed by atoms with Crippen LogP contribution in [-0.4, -0.2) is 11.4 Å². The topological polar surface area (TPSA) is 24.7 Å². The van der Waals surface area contributed by atoms with Crippen LogP contribution in [0.3, 0.4) is 0 Å². The Morgan fingerprint density at radius 3 is 2.56 bits per heavy atom. The molecular formula is C14H15FN2O. The molecule has 0 atom stereocenters. The summed E-state index contributed by atoms with van der Waals surface area (Å²) in [7, 11) is 0. The Kier molecular flexibility index (Phi) is 2.86. The lowest BCUT2D eigenvalue weighted by Crippen LogP contribution is -2.48. The standard InChI is InChI=1S/C14H15FN2O/c1-14(2,3)17-11-7-6-10(16-4)13(15)9(11)5-8-12(17)18/h6-7H,5,8H2,1-3H3. The maximum atomic E-state index is 14.1. The van der Waals surface area contributed by atoms with Crippen LogP contribution in [0.25, 0.3) is 4.85 Å². The van der Waals surface area contributed by atoms with Gasteiger partial charge in [-0.3, -0.25) is 4.79 Å². The first-order valence-corrected chi connectivity index (χ1v) is 5.88. The van der Waals surface area contributed by atoms with E-state index >= 15 is 0 Å². The zero-order chi connectivity index (χ0) is 13.5. The number of halogens is 1. The Hall–Kier alpha value is -1.89. The van der Waals surface area contributed by atoms with Crippen LogP contribution < -0.4 is 4.90 Å². The minimum atomic E-state index is -0.482.